The van der Waals surface area contributed by atoms with Crippen LogP contribution in [-0.4, -0.2) is 5.78 Å². The first-order valence-electron chi connectivity index (χ1n) is 7.48. The Bertz CT molecular complexity index is 339. The van der Waals surface area contributed by atoms with Gasteiger partial charge in [0.2, 0.25) is 0 Å². The van der Waals surface area contributed by atoms with Gasteiger partial charge in [0.15, 0.2) is 0 Å². The van der Waals surface area contributed by atoms with Gasteiger partial charge in [-0.2, -0.15) is 0 Å². The zero-order valence-electron chi connectivity index (χ0n) is 11.6. The lowest BCUT2D eigenvalue weighted by Gasteiger charge is -2.47. The monoisotopic (exact) mass is 234 g/mol. The minimum absolute atomic E-state index is 0.397. The average molecular weight is 234 g/mol. The van der Waals surface area contributed by atoms with Crippen molar-refractivity contribution in [3.63, 3.8) is 0 Å². The molecule has 0 amide bonds. The van der Waals surface area contributed by atoms with E-state index in [1.165, 1.54) is 32.1 Å². The molecule has 3 saturated carbocycles. The molecule has 17 heavy (non-hydrogen) atoms. The number of Topliss-reactive ketones (excluding diaryl/α,β-unsaturated/α-hetero) is 1. The van der Waals surface area contributed by atoms with Gasteiger partial charge in [-0.1, -0.05) is 27.2 Å². The molecule has 0 aromatic carbocycles. The summed E-state index contributed by atoms with van der Waals surface area (Å²) in [4.78, 5) is 12.3. The molecule has 1 heteroatoms. The second-order valence-electron chi connectivity index (χ2n) is 7.71. The van der Waals surface area contributed by atoms with Crippen LogP contribution in [0.25, 0.3) is 0 Å². The summed E-state index contributed by atoms with van der Waals surface area (Å²) < 4.78 is 0. The van der Waals surface area contributed by atoms with E-state index in [1.807, 2.05) is 0 Å². The largest absolute Gasteiger partial charge is 0.299 e. The summed E-state index contributed by atoms with van der Waals surface area (Å²) in [6, 6.07) is 0. The Labute approximate surface area is 105 Å². The molecule has 4 atom stereocenters. The molecule has 1 nitrogen and oxygen atoms in total. The number of carbonyl (C=O) groups is 1. The highest BCUT2D eigenvalue weighted by Crippen LogP contribution is 2.68. The van der Waals surface area contributed by atoms with Crippen molar-refractivity contribution in [3.05, 3.63) is 0 Å². The van der Waals surface area contributed by atoms with Crippen LogP contribution in [0.15, 0.2) is 0 Å². The van der Waals surface area contributed by atoms with Gasteiger partial charge in [-0.25, -0.2) is 0 Å². The number of fused-ring (bicyclic) bond motifs is 2. The fourth-order valence-electron chi connectivity index (χ4n) is 5.71. The fraction of sp³-hybridized carbons (Fsp3) is 0.938. The van der Waals surface area contributed by atoms with E-state index in [0.717, 1.165) is 18.8 Å². The first-order valence-corrected chi connectivity index (χ1v) is 7.48. The fourth-order valence-corrected chi connectivity index (χ4v) is 5.71. The Morgan fingerprint density at radius 3 is 2.47 bits per heavy atom. The summed E-state index contributed by atoms with van der Waals surface area (Å²) in [7, 11) is 0. The molecular formula is C16H26O. The van der Waals surface area contributed by atoms with Gasteiger partial charge in [0.25, 0.3) is 0 Å². The zero-order chi connectivity index (χ0) is 12.3. The molecule has 0 aliphatic heterocycles. The van der Waals surface area contributed by atoms with Crippen LogP contribution in [0.2, 0.25) is 0 Å². The van der Waals surface area contributed by atoms with Gasteiger partial charge in [0, 0.05) is 12.3 Å². The van der Waals surface area contributed by atoms with E-state index >= 15 is 0 Å². The standard InChI is InChI=1S/C16H26O/c1-15(2)11-8-9-16(3,10-11)14(15)12-6-4-5-7-13(12)17/h11-12,14H,4-10H2,1-3H3. The molecule has 3 rings (SSSR count). The van der Waals surface area contributed by atoms with Crippen molar-refractivity contribution in [2.75, 3.05) is 0 Å². The number of carbonyl (C=O) groups excluding carboxylic acids is 1. The summed E-state index contributed by atoms with van der Waals surface area (Å²) >= 11 is 0. The maximum absolute atomic E-state index is 12.3. The zero-order valence-corrected chi connectivity index (χ0v) is 11.6. The minimum Gasteiger partial charge on any atom is -0.299 e. The van der Waals surface area contributed by atoms with Crippen molar-refractivity contribution in [1.82, 2.24) is 0 Å². The van der Waals surface area contributed by atoms with Gasteiger partial charge in [-0.05, 0) is 54.8 Å². The van der Waals surface area contributed by atoms with E-state index in [0.29, 0.717) is 28.4 Å². The quantitative estimate of drug-likeness (QED) is 0.664. The first-order chi connectivity index (χ1) is 7.95. The molecular weight excluding hydrogens is 208 g/mol. The molecule has 0 saturated heterocycles. The summed E-state index contributed by atoms with van der Waals surface area (Å²) in [5.41, 5.74) is 0.885. The highest BCUT2D eigenvalue weighted by molar-refractivity contribution is 5.82. The predicted octanol–water partition coefficient (Wildman–Crippen LogP) is 4.21. The molecule has 3 fully saturated rings. The van der Waals surface area contributed by atoms with Crippen LogP contribution in [0.1, 0.15) is 65.7 Å². The number of hydrogen-bond donors (Lipinski definition) is 0. The van der Waals surface area contributed by atoms with Crippen molar-refractivity contribution in [2.45, 2.75) is 65.7 Å². The predicted molar refractivity (Wildman–Crippen MR) is 69.7 cm³/mol. The summed E-state index contributed by atoms with van der Waals surface area (Å²) in [6.45, 7) is 7.34. The lowest BCUT2D eigenvalue weighted by Crippen LogP contribution is -2.44. The third-order valence-corrected chi connectivity index (χ3v) is 6.39. The van der Waals surface area contributed by atoms with E-state index in [4.69, 9.17) is 0 Å². The van der Waals surface area contributed by atoms with Crippen LogP contribution < -0.4 is 0 Å². The van der Waals surface area contributed by atoms with Gasteiger partial charge in [0.05, 0.1) is 0 Å². The number of hydrogen-bond acceptors (Lipinski definition) is 1. The highest BCUT2D eigenvalue weighted by Gasteiger charge is 2.61. The summed E-state index contributed by atoms with van der Waals surface area (Å²) in [6.07, 6.45) is 8.62. The van der Waals surface area contributed by atoms with Crippen LogP contribution in [0.5, 0.6) is 0 Å². The lowest BCUT2D eigenvalue weighted by molar-refractivity contribution is -0.131. The SMILES string of the molecule is CC12CCC(C1)C(C)(C)C2C1CCCCC1=O. The van der Waals surface area contributed by atoms with Gasteiger partial charge >= 0.3 is 0 Å². The van der Waals surface area contributed by atoms with Crippen LogP contribution in [0, 0.1) is 28.6 Å². The molecule has 3 aliphatic rings. The molecule has 96 valence electrons. The normalized spacial score (nSPS) is 48.6. The molecule has 0 N–H and O–H groups in total. The van der Waals surface area contributed by atoms with Gasteiger partial charge in [0.1, 0.15) is 5.78 Å². The summed E-state index contributed by atoms with van der Waals surface area (Å²) in [5.74, 6) is 2.53. The van der Waals surface area contributed by atoms with Crippen molar-refractivity contribution in [3.8, 4) is 0 Å². The topological polar surface area (TPSA) is 17.1 Å². The van der Waals surface area contributed by atoms with Crippen molar-refractivity contribution in [1.29, 1.82) is 0 Å². The third kappa shape index (κ3) is 1.54. The van der Waals surface area contributed by atoms with Gasteiger partial charge in [-0.3, -0.25) is 4.79 Å². The Kier molecular flexibility index (Phi) is 2.48. The van der Waals surface area contributed by atoms with Crippen LogP contribution in [0.4, 0.5) is 0 Å². The molecule has 3 aliphatic carbocycles. The summed E-state index contributed by atoms with van der Waals surface area (Å²) in [5, 5.41) is 0. The number of rotatable bonds is 1. The van der Waals surface area contributed by atoms with Crippen LogP contribution in [-0.2, 0) is 4.79 Å². The van der Waals surface area contributed by atoms with E-state index in [9.17, 15) is 4.79 Å². The highest BCUT2D eigenvalue weighted by atomic mass is 16.1. The van der Waals surface area contributed by atoms with Crippen molar-refractivity contribution in [2.24, 2.45) is 28.6 Å². The van der Waals surface area contributed by atoms with Gasteiger partial charge in [-0.15, -0.1) is 0 Å². The van der Waals surface area contributed by atoms with E-state index in [1.54, 1.807) is 0 Å². The third-order valence-electron chi connectivity index (χ3n) is 6.39. The van der Waals surface area contributed by atoms with E-state index in [-0.39, 0.29) is 0 Å². The minimum atomic E-state index is 0.397. The molecule has 0 aromatic rings. The second-order valence-corrected chi connectivity index (χ2v) is 7.71. The molecule has 0 spiro atoms. The maximum Gasteiger partial charge on any atom is 0.136 e. The number of ketones is 1. The molecule has 4 unspecified atom stereocenters. The van der Waals surface area contributed by atoms with Crippen LogP contribution in [0.3, 0.4) is 0 Å². The molecule has 0 radical (unpaired) electrons. The molecule has 2 bridgehead atoms. The Morgan fingerprint density at radius 1 is 1.12 bits per heavy atom. The smallest absolute Gasteiger partial charge is 0.136 e. The van der Waals surface area contributed by atoms with Crippen LogP contribution >= 0.6 is 0 Å². The Hall–Kier alpha value is -0.330. The average Bonchev–Trinajstić information content (AvgIpc) is 2.72. The van der Waals surface area contributed by atoms with Crippen molar-refractivity contribution < 1.29 is 4.79 Å². The lowest BCUT2D eigenvalue weighted by atomic mass is 9.57. The molecule has 0 aromatic heterocycles. The van der Waals surface area contributed by atoms with E-state index in [2.05, 4.69) is 20.8 Å². The first kappa shape index (κ1) is 11.7. The Balaban J connectivity index is 1.93. The maximum atomic E-state index is 12.3. The van der Waals surface area contributed by atoms with Gasteiger partial charge < -0.3 is 0 Å². The van der Waals surface area contributed by atoms with E-state index < -0.39 is 0 Å². The second kappa shape index (κ2) is 3.59. The van der Waals surface area contributed by atoms with Crippen molar-refractivity contribution >= 4 is 5.78 Å². The Morgan fingerprint density at radius 2 is 1.88 bits per heavy atom. The molecule has 0 heterocycles.